The maximum absolute atomic E-state index is 11.3. The molecule has 1 aromatic rings. The topological polar surface area (TPSA) is 71.4 Å². The summed E-state index contributed by atoms with van der Waals surface area (Å²) in [5.41, 5.74) is 0.793. The first-order valence-corrected chi connectivity index (χ1v) is 7.19. The molecule has 0 saturated carbocycles. The fourth-order valence-corrected chi connectivity index (χ4v) is 3.29. The molecule has 1 aromatic carbocycles. The van der Waals surface area contributed by atoms with Crippen LogP contribution in [0.25, 0.3) is 0 Å². The van der Waals surface area contributed by atoms with Crippen molar-refractivity contribution in [3.05, 3.63) is 28.2 Å². The summed E-state index contributed by atoms with van der Waals surface area (Å²) >= 11 is 3.16. The van der Waals surface area contributed by atoms with E-state index in [9.17, 15) is 13.2 Å². The summed E-state index contributed by atoms with van der Waals surface area (Å²) in [4.78, 5) is 10.6. The summed E-state index contributed by atoms with van der Waals surface area (Å²) in [6.07, 6.45) is 1.55. The highest BCUT2D eigenvalue weighted by Crippen LogP contribution is 2.23. The SMILES string of the molecule is CS(=O)(=O)c1ccc(CCC(=O)O)cc1Br. The molecule has 0 heterocycles. The number of carbonyl (C=O) groups is 1. The van der Waals surface area contributed by atoms with E-state index in [2.05, 4.69) is 15.9 Å². The minimum atomic E-state index is -3.24. The number of halogens is 1. The molecule has 0 aliphatic carbocycles. The third-order valence-corrected chi connectivity index (χ3v) is 4.10. The van der Waals surface area contributed by atoms with E-state index in [-0.39, 0.29) is 11.3 Å². The van der Waals surface area contributed by atoms with Crippen LogP contribution in [0.5, 0.6) is 0 Å². The average Bonchev–Trinajstić information content (AvgIpc) is 2.12. The molecule has 6 heteroatoms. The summed E-state index contributed by atoms with van der Waals surface area (Å²) < 4.78 is 23.1. The van der Waals surface area contributed by atoms with E-state index < -0.39 is 15.8 Å². The Labute approximate surface area is 102 Å². The van der Waals surface area contributed by atoms with Crippen molar-refractivity contribution in [2.45, 2.75) is 17.7 Å². The van der Waals surface area contributed by atoms with Gasteiger partial charge in [-0.3, -0.25) is 4.79 Å². The third kappa shape index (κ3) is 3.61. The molecule has 4 nitrogen and oxygen atoms in total. The van der Waals surface area contributed by atoms with Crippen LogP contribution < -0.4 is 0 Å². The molecule has 88 valence electrons. The Hall–Kier alpha value is -0.880. The van der Waals surface area contributed by atoms with Crippen LogP contribution in [0.15, 0.2) is 27.6 Å². The molecule has 0 atom stereocenters. The lowest BCUT2D eigenvalue weighted by Crippen LogP contribution is -2.01. The molecule has 0 fully saturated rings. The van der Waals surface area contributed by atoms with Crippen LogP contribution in [0.4, 0.5) is 0 Å². The number of sulfone groups is 1. The molecule has 0 aliphatic rings. The maximum atomic E-state index is 11.3. The van der Waals surface area contributed by atoms with Gasteiger partial charge in [-0.05, 0) is 40.0 Å². The van der Waals surface area contributed by atoms with Crippen molar-refractivity contribution in [2.75, 3.05) is 6.26 Å². The quantitative estimate of drug-likeness (QED) is 0.922. The van der Waals surface area contributed by atoms with Crippen molar-refractivity contribution in [3.63, 3.8) is 0 Å². The number of aryl methyl sites for hydroxylation is 1. The van der Waals surface area contributed by atoms with Crippen LogP contribution in [0, 0.1) is 0 Å². The number of aliphatic carboxylic acids is 1. The Morgan fingerprint density at radius 2 is 2.06 bits per heavy atom. The highest BCUT2D eigenvalue weighted by molar-refractivity contribution is 9.10. The average molecular weight is 307 g/mol. The lowest BCUT2D eigenvalue weighted by molar-refractivity contribution is -0.136. The van der Waals surface area contributed by atoms with Crippen molar-refractivity contribution in [3.8, 4) is 0 Å². The van der Waals surface area contributed by atoms with Crippen molar-refractivity contribution in [1.82, 2.24) is 0 Å². The summed E-state index contributed by atoms with van der Waals surface area (Å²) in [5, 5.41) is 8.52. The number of hydrogen-bond acceptors (Lipinski definition) is 3. The first-order chi connectivity index (χ1) is 7.30. The zero-order valence-electron chi connectivity index (χ0n) is 8.60. The molecule has 16 heavy (non-hydrogen) atoms. The van der Waals surface area contributed by atoms with Gasteiger partial charge < -0.3 is 5.11 Å². The predicted molar refractivity (Wildman–Crippen MR) is 63.2 cm³/mol. The van der Waals surface area contributed by atoms with Gasteiger partial charge in [-0.25, -0.2) is 8.42 Å². The number of rotatable bonds is 4. The van der Waals surface area contributed by atoms with E-state index in [1.54, 1.807) is 12.1 Å². The van der Waals surface area contributed by atoms with Crippen LogP contribution in [0.3, 0.4) is 0 Å². The Kier molecular flexibility index (Phi) is 4.09. The fourth-order valence-electron chi connectivity index (χ4n) is 1.25. The normalized spacial score (nSPS) is 11.4. The summed E-state index contributed by atoms with van der Waals surface area (Å²) in [5.74, 6) is -0.872. The van der Waals surface area contributed by atoms with Gasteiger partial charge in [-0.2, -0.15) is 0 Å². The first-order valence-electron chi connectivity index (χ1n) is 4.51. The van der Waals surface area contributed by atoms with Crippen LogP contribution in [0.1, 0.15) is 12.0 Å². The Morgan fingerprint density at radius 1 is 1.44 bits per heavy atom. The van der Waals surface area contributed by atoms with Gasteiger partial charge in [0.2, 0.25) is 0 Å². The molecular formula is C10H11BrO4S. The van der Waals surface area contributed by atoms with Gasteiger partial charge in [0.1, 0.15) is 0 Å². The summed E-state index contributed by atoms with van der Waals surface area (Å²) in [6.45, 7) is 0. The van der Waals surface area contributed by atoms with E-state index in [1.807, 2.05) is 0 Å². The van der Waals surface area contributed by atoms with E-state index in [0.717, 1.165) is 11.8 Å². The predicted octanol–water partition coefficient (Wildman–Crippen LogP) is 1.87. The van der Waals surface area contributed by atoms with Gasteiger partial charge in [-0.1, -0.05) is 6.07 Å². The third-order valence-electron chi connectivity index (χ3n) is 2.02. The molecule has 0 radical (unpaired) electrons. The molecular weight excluding hydrogens is 296 g/mol. The van der Waals surface area contributed by atoms with Gasteiger partial charge in [0.25, 0.3) is 0 Å². The number of carboxylic acid groups (broad SMARTS) is 1. The summed E-state index contributed by atoms with van der Waals surface area (Å²) in [6, 6.07) is 4.75. The Bertz CT molecular complexity index is 508. The van der Waals surface area contributed by atoms with Gasteiger partial charge >= 0.3 is 5.97 Å². The minimum absolute atomic E-state index is 0.0324. The second-order valence-corrected chi connectivity index (χ2v) is 6.27. The number of hydrogen-bond donors (Lipinski definition) is 1. The zero-order valence-corrected chi connectivity index (χ0v) is 11.0. The van der Waals surface area contributed by atoms with E-state index in [1.165, 1.54) is 6.07 Å². The van der Waals surface area contributed by atoms with E-state index in [4.69, 9.17) is 5.11 Å². The van der Waals surface area contributed by atoms with Gasteiger partial charge in [0, 0.05) is 17.1 Å². The van der Waals surface area contributed by atoms with E-state index in [0.29, 0.717) is 10.9 Å². The lowest BCUT2D eigenvalue weighted by atomic mass is 10.1. The standard InChI is InChI=1S/C10H11BrO4S/c1-16(14,15)9-4-2-7(6-8(9)11)3-5-10(12)13/h2,4,6H,3,5H2,1H3,(H,12,13). The Balaban J connectivity index is 2.96. The molecule has 0 bridgehead atoms. The van der Waals surface area contributed by atoms with E-state index >= 15 is 0 Å². The first kappa shape index (κ1) is 13.2. The molecule has 0 spiro atoms. The largest absolute Gasteiger partial charge is 0.481 e. The molecule has 0 aromatic heterocycles. The summed E-state index contributed by atoms with van der Waals surface area (Å²) in [7, 11) is -3.24. The zero-order chi connectivity index (χ0) is 12.3. The van der Waals surface area contributed by atoms with Gasteiger partial charge in [0.05, 0.1) is 4.90 Å². The minimum Gasteiger partial charge on any atom is -0.481 e. The second-order valence-electron chi connectivity index (χ2n) is 3.43. The van der Waals surface area contributed by atoms with Gasteiger partial charge in [-0.15, -0.1) is 0 Å². The molecule has 1 N–H and O–H groups in total. The molecule has 0 saturated heterocycles. The molecule has 0 amide bonds. The number of carboxylic acids is 1. The monoisotopic (exact) mass is 306 g/mol. The highest BCUT2D eigenvalue weighted by Gasteiger charge is 2.12. The number of benzene rings is 1. The molecule has 0 unspecified atom stereocenters. The lowest BCUT2D eigenvalue weighted by Gasteiger charge is -2.04. The molecule has 0 aliphatic heterocycles. The molecule has 1 rings (SSSR count). The second kappa shape index (κ2) is 4.97. The van der Waals surface area contributed by atoms with Crippen molar-refractivity contribution < 1.29 is 18.3 Å². The highest BCUT2D eigenvalue weighted by atomic mass is 79.9. The van der Waals surface area contributed by atoms with Crippen LogP contribution in [-0.4, -0.2) is 25.7 Å². The van der Waals surface area contributed by atoms with Crippen LogP contribution >= 0.6 is 15.9 Å². The Morgan fingerprint density at radius 3 is 2.50 bits per heavy atom. The smallest absolute Gasteiger partial charge is 0.303 e. The van der Waals surface area contributed by atoms with Crippen molar-refractivity contribution in [1.29, 1.82) is 0 Å². The van der Waals surface area contributed by atoms with Crippen LogP contribution in [-0.2, 0) is 21.1 Å². The van der Waals surface area contributed by atoms with Crippen LogP contribution in [0.2, 0.25) is 0 Å². The van der Waals surface area contributed by atoms with Crippen molar-refractivity contribution in [2.24, 2.45) is 0 Å². The van der Waals surface area contributed by atoms with Gasteiger partial charge in [0.15, 0.2) is 9.84 Å². The fraction of sp³-hybridized carbons (Fsp3) is 0.300. The van der Waals surface area contributed by atoms with Crippen molar-refractivity contribution >= 4 is 31.7 Å². The maximum Gasteiger partial charge on any atom is 0.303 e.